The van der Waals surface area contributed by atoms with Crippen LogP contribution < -0.4 is 5.32 Å². The van der Waals surface area contributed by atoms with Gasteiger partial charge >= 0.3 is 0 Å². The molecule has 16 heavy (non-hydrogen) atoms. The minimum atomic E-state index is 0.323. The Labute approximate surface area is 99.8 Å². The summed E-state index contributed by atoms with van der Waals surface area (Å²) >= 11 is 0. The summed E-state index contributed by atoms with van der Waals surface area (Å²) in [7, 11) is 0. The van der Waals surface area contributed by atoms with Crippen molar-refractivity contribution in [3.63, 3.8) is 0 Å². The number of nitriles is 1. The van der Waals surface area contributed by atoms with Crippen LogP contribution in [0.15, 0.2) is 0 Å². The van der Waals surface area contributed by atoms with Gasteiger partial charge in [0.15, 0.2) is 0 Å². The molecule has 0 spiro atoms. The molecule has 3 nitrogen and oxygen atoms in total. The predicted molar refractivity (Wildman–Crippen MR) is 67.1 cm³/mol. The molecule has 0 aliphatic carbocycles. The molecular weight excluding hydrogens is 198 g/mol. The van der Waals surface area contributed by atoms with Gasteiger partial charge < -0.3 is 5.32 Å². The van der Waals surface area contributed by atoms with Crippen LogP contribution in [0.4, 0.5) is 0 Å². The van der Waals surface area contributed by atoms with Gasteiger partial charge in [-0.05, 0) is 25.2 Å². The SMILES string of the molecule is CC(NC1CCN(CC#N)CC1)C(C)(C)C. The van der Waals surface area contributed by atoms with E-state index in [4.69, 9.17) is 5.26 Å². The van der Waals surface area contributed by atoms with Gasteiger partial charge in [0.25, 0.3) is 0 Å². The van der Waals surface area contributed by atoms with E-state index in [1.54, 1.807) is 0 Å². The van der Waals surface area contributed by atoms with Crippen molar-refractivity contribution in [1.82, 2.24) is 10.2 Å². The third kappa shape index (κ3) is 4.11. The first-order valence-electron chi connectivity index (χ1n) is 6.29. The summed E-state index contributed by atoms with van der Waals surface area (Å²) in [6, 6.07) is 3.39. The van der Waals surface area contributed by atoms with E-state index in [1.807, 2.05) is 0 Å². The zero-order valence-corrected chi connectivity index (χ0v) is 11.1. The summed E-state index contributed by atoms with van der Waals surface area (Å²) < 4.78 is 0. The van der Waals surface area contributed by atoms with Crippen molar-refractivity contribution in [3.8, 4) is 6.07 Å². The number of rotatable bonds is 3. The molecule has 0 aromatic carbocycles. The van der Waals surface area contributed by atoms with Crippen LogP contribution in [0.25, 0.3) is 0 Å². The monoisotopic (exact) mass is 223 g/mol. The van der Waals surface area contributed by atoms with Crippen molar-refractivity contribution >= 4 is 0 Å². The standard InChI is InChI=1S/C13H25N3/c1-11(13(2,3)4)15-12-5-8-16(9-6-12)10-7-14/h11-12,15H,5-6,8-10H2,1-4H3. The van der Waals surface area contributed by atoms with Crippen LogP contribution in [0, 0.1) is 16.7 Å². The first-order valence-corrected chi connectivity index (χ1v) is 6.29. The van der Waals surface area contributed by atoms with E-state index < -0.39 is 0 Å². The Hall–Kier alpha value is -0.590. The molecule has 0 aromatic rings. The van der Waals surface area contributed by atoms with Crippen molar-refractivity contribution in [2.75, 3.05) is 19.6 Å². The van der Waals surface area contributed by atoms with Gasteiger partial charge in [-0.25, -0.2) is 0 Å². The van der Waals surface area contributed by atoms with Crippen LogP contribution in [0.5, 0.6) is 0 Å². The van der Waals surface area contributed by atoms with E-state index in [0.29, 0.717) is 24.0 Å². The summed E-state index contributed by atoms with van der Waals surface area (Å²) in [6.45, 7) is 11.8. The summed E-state index contributed by atoms with van der Waals surface area (Å²) in [5.74, 6) is 0. The minimum absolute atomic E-state index is 0.323. The minimum Gasteiger partial charge on any atom is -0.311 e. The first-order chi connectivity index (χ1) is 7.43. The lowest BCUT2D eigenvalue weighted by molar-refractivity contribution is 0.183. The summed E-state index contributed by atoms with van der Waals surface area (Å²) in [5.41, 5.74) is 0.323. The molecular formula is C13H25N3. The van der Waals surface area contributed by atoms with E-state index in [1.165, 1.54) is 12.8 Å². The van der Waals surface area contributed by atoms with Crippen molar-refractivity contribution in [1.29, 1.82) is 5.26 Å². The van der Waals surface area contributed by atoms with Gasteiger partial charge in [0.2, 0.25) is 0 Å². The van der Waals surface area contributed by atoms with Crippen LogP contribution in [-0.4, -0.2) is 36.6 Å². The van der Waals surface area contributed by atoms with Crippen LogP contribution in [0.1, 0.15) is 40.5 Å². The lowest BCUT2D eigenvalue weighted by Gasteiger charge is -2.36. The zero-order chi connectivity index (χ0) is 12.2. The molecule has 1 aliphatic rings. The molecule has 0 amide bonds. The van der Waals surface area contributed by atoms with E-state index in [2.05, 4.69) is 44.0 Å². The average Bonchev–Trinajstić information content (AvgIpc) is 2.20. The highest BCUT2D eigenvalue weighted by Crippen LogP contribution is 2.21. The van der Waals surface area contributed by atoms with Crippen LogP contribution in [0.3, 0.4) is 0 Å². The van der Waals surface area contributed by atoms with Crippen molar-refractivity contribution in [2.45, 2.75) is 52.6 Å². The molecule has 0 saturated carbocycles. The van der Waals surface area contributed by atoms with Crippen LogP contribution >= 0.6 is 0 Å². The molecule has 0 aromatic heterocycles. The van der Waals surface area contributed by atoms with Crippen molar-refractivity contribution < 1.29 is 0 Å². The Balaban J connectivity index is 2.30. The Morgan fingerprint density at radius 2 is 1.94 bits per heavy atom. The lowest BCUT2D eigenvalue weighted by atomic mass is 9.87. The smallest absolute Gasteiger partial charge is 0.0866 e. The quantitative estimate of drug-likeness (QED) is 0.744. The Bertz CT molecular complexity index is 241. The number of nitrogens with zero attached hydrogens (tertiary/aromatic N) is 2. The Morgan fingerprint density at radius 3 is 2.38 bits per heavy atom. The molecule has 92 valence electrons. The zero-order valence-electron chi connectivity index (χ0n) is 11.1. The maximum atomic E-state index is 8.63. The van der Waals surface area contributed by atoms with E-state index in [9.17, 15) is 0 Å². The second-order valence-corrected chi connectivity index (χ2v) is 5.96. The van der Waals surface area contributed by atoms with Crippen LogP contribution in [-0.2, 0) is 0 Å². The normalized spacial score (nSPS) is 21.7. The fourth-order valence-electron chi connectivity index (χ4n) is 1.96. The highest BCUT2D eigenvalue weighted by molar-refractivity contribution is 4.86. The molecule has 1 unspecified atom stereocenters. The molecule has 1 rings (SSSR count). The maximum Gasteiger partial charge on any atom is 0.0866 e. The van der Waals surface area contributed by atoms with Gasteiger partial charge in [-0.2, -0.15) is 5.26 Å². The van der Waals surface area contributed by atoms with Crippen LogP contribution in [0.2, 0.25) is 0 Å². The number of hydrogen-bond donors (Lipinski definition) is 1. The average molecular weight is 223 g/mol. The number of hydrogen-bond acceptors (Lipinski definition) is 3. The van der Waals surface area contributed by atoms with Gasteiger partial charge in [-0.3, -0.25) is 4.90 Å². The highest BCUT2D eigenvalue weighted by atomic mass is 15.1. The maximum absolute atomic E-state index is 8.63. The van der Waals surface area contributed by atoms with Gasteiger partial charge in [-0.1, -0.05) is 20.8 Å². The molecule has 1 N–H and O–H groups in total. The Kier molecular flexibility index (Phi) is 4.76. The number of piperidine rings is 1. The second-order valence-electron chi connectivity index (χ2n) is 5.96. The van der Waals surface area contributed by atoms with Gasteiger partial charge in [0, 0.05) is 25.2 Å². The van der Waals surface area contributed by atoms with Crippen molar-refractivity contribution in [3.05, 3.63) is 0 Å². The second kappa shape index (κ2) is 5.65. The van der Waals surface area contributed by atoms with Gasteiger partial charge in [0.05, 0.1) is 12.6 Å². The summed E-state index contributed by atoms with van der Waals surface area (Å²) in [6.07, 6.45) is 2.34. The van der Waals surface area contributed by atoms with Gasteiger partial charge in [-0.15, -0.1) is 0 Å². The molecule has 1 heterocycles. The fourth-order valence-corrected chi connectivity index (χ4v) is 1.96. The molecule has 1 saturated heterocycles. The number of likely N-dealkylation sites (tertiary alicyclic amines) is 1. The fraction of sp³-hybridized carbons (Fsp3) is 0.923. The predicted octanol–water partition coefficient (Wildman–Crippen LogP) is 2.00. The largest absolute Gasteiger partial charge is 0.311 e. The topological polar surface area (TPSA) is 39.1 Å². The molecule has 0 radical (unpaired) electrons. The third-order valence-corrected chi connectivity index (χ3v) is 3.67. The number of nitrogens with one attached hydrogen (secondary N) is 1. The first kappa shape index (κ1) is 13.5. The third-order valence-electron chi connectivity index (χ3n) is 3.67. The molecule has 1 aliphatic heterocycles. The van der Waals surface area contributed by atoms with Crippen molar-refractivity contribution in [2.24, 2.45) is 5.41 Å². The summed E-state index contributed by atoms with van der Waals surface area (Å²) in [4.78, 5) is 2.24. The highest BCUT2D eigenvalue weighted by Gasteiger charge is 2.25. The van der Waals surface area contributed by atoms with E-state index >= 15 is 0 Å². The van der Waals surface area contributed by atoms with Gasteiger partial charge in [0.1, 0.15) is 0 Å². The summed E-state index contributed by atoms with van der Waals surface area (Å²) in [5, 5.41) is 12.3. The Morgan fingerprint density at radius 1 is 1.38 bits per heavy atom. The van der Waals surface area contributed by atoms with E-state index in [0.717, 1.165) is 13.1 Å². The van der Waals surface area contributed by atoms with E-state index in [-0.39, 0.29) is 0 Å². The lowest BCUT2D eigenvalue weighted by Crippen LogP contribution is -2.49. The molecule has 3 heteroatoms. The molecule has 0 bridgehead atoms. The molecule has 1 fully saturated rings. The molecule has 1 atom stereocenters.